The van der Waals surface area contributed by atoms with Gasteiger partial charge in [0, 0.05) is 24.4 Å². The molecule has 0 saturated heterocycles. The molecular formula is C19H30N8O5. The van der Waals surface area contributed by atoms with Gasteiger partial charge >= 0.3 is 0 Å². The lowest BCUT2D eigenvalue weighted by Gasteiger charge is -2.19. The highest BCUT2D eigenvalue weighted by Crippen LogP contribution is 2.17. The van der Waals surface area contributed by atoms with Crippen LogP contribution in [-0.2, 0) is 14.4 Å². The summed E-state index contributed by atoms with van der Waals surface area (Å²) in [7, 11) is 0. The van der Waals surface area contributed by atoms with Gasteiger partial charge in [-0.15, -0.1) is 0 Å². The average Bonchev–Trinajstić information content (AvgIpc) is 2.73. The molecule has 176 valence electrons. The quantitative estimate of drug-likeness (QED) is 0.0767. The van der Waals surface area contributed by atoms with Crippen LogP contribution < -0.4 is 33.2 Å². The Labute approximate surface area is 185 Å². The molecule has 0 saturated carbocycles. The van der Waals surface area contributed by atoms with E-state index in [2.05, 4.69) is 20.9 Å². The predicted molar refractivity (Wildman–Crippen MR) is 119 cm³/mol. The fraction of sp³-hybridized carbons (Fsp3) is 0.474. The first-order chi connectivity index (χ1) is 15.0. The van der Waals surface area contributed by atoms with Crippen molar-refractivity contribution in [3.8, 4) is 0 Å². The predicted octanol–water partition coefficient (Wildman–Crippen LogP) is -0.829. The molecule has 0 heterocycles. The van der Waals surface area contributed by atoms with E-state index < -0.39 is 41.3 Å². The molecule has 2 atom stereocenters. The Morgan fingerprint density at radius 1 is 1.12 bits per heavy atom. The Morgan fingerprint density at radius 2 is 1.75 bits per heavy atom. The van der Waals surface area contributed by atoms with Gasteiger partial charge < -0.3 is 27.8 Å². The number of anilines is 1. The van der Waals surface area contributed by atoms with E-state index in [4.69, 9.17) is 17.2 Å². The number of non-ortho nitro benzene ring substituents is 1. The van der Waals surface area contributed by atoms with E-state index in [-0.39, 0.29) is 30.5 Å². The van der Waals surface area contributed by atoms with Crippen molar-refractivity contribution in [2.75, 3.05) is 18.4 Å². The Balaban J connectivity index is 2.75. The number of nitrogens with one attached hydrogen (secondary N) is 3. The van der Waals surface area contributed by atoms with Gasteiger partial charge in [0.2, 0.25) is 17.7 Å². The van der Waals surface area contributed by atoms with Gasteiger partial charge in [-0.3, -0.25) is 34.8 Å². The fourth-order valence-electron chi connectivity index (χ4n) is 2.51. The molecule has 0 aliphatic carbocycles. The minimum Gasteiger partial charge on any atom is -0.374 e. The number of benzene rings is 1. The number of hydrogen-bond donors (Lipinski definition) is 6. The number of amides is 3. The van der Waals surface area contributed by atoms with Crippen molar-refractivity contribution >= 4 is 35.1 Å². The van der Waals surface area contributed by atoms with Gasteiger partial charge in [-0.1, -0.05) is 13.8 Å². The SMILES string of the molecule is CC(C)C(N)C(=O)NCC(=O)NC(=O)C(CCCN=C(N)N)Nc1ccc([N+](=O)[O-])cc1. The van der Waals surface area contributed by atoms with Crippen LogP contribution in [0, 0.1) is 16.0 Å². The van der Waals surface area contributed by atoms with Crippen LogP contribution in [0.2, 0.25) is 0 Å². The van der Waals surface area contributed by atoms with Crippen LogP contribution in [-0.4, -0.2) is 53.8 Å². The zero-order valence-corrected chi connectivity index (χ0v) is 18.0. The van der Waals surface area contributed by atoms with Gasteiger partial charge in [-0.25, -0.2) is 0 Å². The lowest BCUT2D eigenvalue weighted by Crippen LogP contribution is -2.49. The summed E-state index contributed by atoms with van der Waals surface area (Å²) in [4.78, 5) is 50.7. The molecule has 0 spiro atoms. The first-order valence-corrected chi connectivity index (χ1v) is 9.94. The molecule has 13 nitrogen and oxygen atoms in total. The molecule has 0 fully saturated rings. The lowest BCUT2D eigenvalue weighted by molar-refractivity contribution is -0.384. The summed E-state index contributed by atoms with van der Waals surface area (Å²) >= 11 is 0. The molecule has 1 aromatic carbocycles. The summed E-state index contributed by atoms with van der Waals surface area (Å²) in [6, 6.07) is 3.84. The van der Waals surface area contributed by atoms with Crippen LogP contribution in [0.5, 0.6) is 0 Å². The zero-order chi connectivity index (χ0) is 24.3. The van der Waals surface area contributed by atoms with Crippen LogP contribution in [0.4, 0.5) is 11.4 Å². The van der Waals surface area contributed by atoms with Crippen molar-refractivity contribution in [1.29, 1.82) is 0 Å². The van der Waals surface area contributed by atoms with Crippen molar-refractivity contribution in [3.63, 3.8) is 0 Å². The van der Waals surface area contributed by atoms with E-state index in [1.165, 1.54) is 24.3 Å². The second kappa shape index (κ2) is 12.8. The molecular weight excluding hydrogens is 420 g/mol. The van der Waals surface area contributed by atoms with Gasteiger partial charge in [0.1, 0.15) is 6.04 Å². The highest BCUT2D eigenvalue weighted by atomic mass is 16.6. The van der Waals surface area contributed by atoms with Crippen molar-refractivity contribution in [2.45, 2.75) is 38.8 Å². The normalized spacial score (nSPS) is 12.4. The highest BCUT2D eigenvalue weighted by Gasteiger charge is 2.22. The number of imide groups is 1. The van der Waals surface area contributed by atoms with Gasteiger partial charge in [0.25, 0.3) is 5.69 Å². The summed E-state index contributed by atoms with van der Waals surface area (Å²) in [6.45, 7) is 3.39. The Morgan fingerprint density at radius 3 is 2.28 bits per heavy atom. The van der Waals surface area contributed by atoms with Gasteiger partial charge in [0.05, 0.1) is 17.5 Å². The van der Waals surface area contributed by atoms with Gasteiger partial charge in [-0.05, 0) is 30.9 Å². The fourth-order valence-corrected chi connectivity index (χ4v) is 2.51. The Hall–Kier alpha value is -3.74. The maximum atomic E-state index is 12.6. The topological polar surface area (TPSA) is 221 Å². The number of carbonyl (C=O) groups is 3. The van der Waals surface area contributed by atoms with Crippen molar-refractivity contribution in [2.24, 2.45) is 28.1 Å². The third-order valence-electron chi connectivity index (χ3n) is 4.39. The molecule has 32 heavy (non-hydrogen) atoms. The first-order valence-electron chi connectivity index (χ1n) is 9.94. The van der Waals surface area contributed by atoms with E-state index in [1.54, 1.807) is 13.8 Å². The lowest BCUT2D eigenvalue weighted by atomic mass is 10.1. The van der Waals surface area contributed by atoms with E-state index in [0.717, 1.165) is 0 Å². The van der Waals surface area contributed by atoms with E-state index in [9.17, 15) is 24.5 Å². The molecule has 0 aliphatic heterocycles. The molecule has 1 aromatic rings. The van der Waals surface area contributed by atoms with E-state index >= 15 is 0 Å². The molecule has 2 unspecified atom stereocenters. The second-order valence-corrected chi connectivity index (χ2v) is 7.35. The molecule has 3 amide bonds. The average molecular weight is 451 g/mol. The summed E-state index contributed by atoms with van der Waals surface area (Å²) in [5.41, 5.74) is 16.6. The van der Waals surface area contributed by atoms with Gasteiger partial charge in [-0.2, -0.15) is 0 Å². The summed E-state index contributed by atoms with van der Waals surface area (Å²) in [5.74, 6) is -2.04. The number of nitrogens with zero attached hydrogens (tertiary/aromatic N) is 2. The van der Waals surface area contributed by atoms with Gasteiger partial charge in [0.15, 0.2) is 5.96 Å². The summed E-state index contributed by atoms with van der Waals surface area (Å²) in [6.07, 6.45) is 0.682. The zero-order valence-electron chi connectivity index (χ0n) is 18.0. The largest absolute Gasteiger partial charge is 0.374 e. The Kier molecular flexibility index (Phi) is 10.6. The third kappa shape index (κ3) is 9.38. The minimum absolute atomic E-state index is 0.0835. The van der Waals surface area contributed by atoms with Crippen LogP contribution in [0.1, 0.15) is 26.7 Å². The molecule has 0 aromatic heterocycles. The molecule has 0 bridgehead atoms. The minimum atomic E-state index is -0.858. The standard InChI is InChI=1S/C19H30N8O5/c1-11(2)16(20)18(30)24-10-15(28)26-17(29)14(4-3-9-23-19(21)22)25-12-5-7-13(8-6-12)27(31)32/h5-8,11,14,16,25H,3-4,9-10,20H2,1-2H3,(H,24,30)(H4,21,22,23)(H,26,28,29). The molecule has 0 radical (unpaired) electrons. The van der Waals surface area contributed by atoms with E-state index in [0.29, 0.717) is 12.1 Å². The number of hydrogen-bond acceptors (Lipinski definition) is 8. The summed E-state index contributed by atoms with van der Waals surface area (Å²) < 4.78 is 0. The van der Waals surface area contributed by atoms with E-state index in [1.807, 2.05) is 0 Å². The van der Waals surface area contributed by atoms with Crippen molar-refractivity contribution < 1.29 is 19.3 Å². The summed E-state index contributed by atoms with van der Waals surface area (Å²) in [5, 5.41) is 18.3. The Bertz CT molecular complexity index is 837. The molecule has 13 heteroatoms. The molecule has 1 rings (SSSR count). The molecule has 0 aliphatic rings. The van der Waals surface area contributed by atoms with Crippen LogP contribution in [0.25, 0.3) is 0 Å². The maximum absolute atomic E-state index is 12.6. The number of aliphatic imine (C=N–C) groups is 1. The maximum Gasteiger partial charge on any atom is 0.269 e. The monoisotopic (exact) mass is 450 g/mol. The number of nitro benzene ring substituents is 1. The number of nitro groups is 1. The second-order valence-electron chi connectivity index (χ2n) is 7.35. The van der Waals surface area contributed by atoms with Crippen molar-refractivity contribution in [1.82, 2.24) is 10.6 Å². The molecule has 9 N–H and O–H groups in total. The third-order valence-corrected chi connectivity index (χ3v) is 4.39. The highest BCUT2D eigenvalue weighted by molar-refractivity contribution is 6.00. The smallest absolute Gasteiger partial charge is 0.269 e. The number of nitrogens with two attached hydrogens (primary N) is 3. The van der Waals surface area contributed by atoms with Crippen LogP contribution in [0.3, 0.4) is 0 Å². The number of rotatable bonds is 12. The van der Waals surface area contributed by atoms with Crippen LogP contribution in [0.15, 0.2) is 29.3 Å². The number of carbonyl (C=O) groups excluding carboxylic acids is 3. The first kappa shape index (κ1) is 26.3. The van der Waals surface area contributed by atoms with Crippen molar-refractivity contribution in [3.05, 3.63) is 34.4 Å². The number of guanidine groups is 1. The van der Waals surface area contributed by atoms with Crippen LogP contribution >= 0.6 is 0 Å².